The maximum Gasteiger partial charge on any atom is 0.219 e. The lowest BCUT2D eigenvalue weighted by atomic mass is 10.1. The summed E-state index contributed by atoms with van der Waals surface area (Å²) in [6.45, 7) is 8.96. The zero-order valence-corrected chi connectivity index (χ0v) is 20.7. The topological polar surface area (TPSA) is 94.1 Å². The van der Waals surface area contributed by atoms with E-state index in [-0.39, 0.29) is 29.9 Å². The molecule has 0 spiro atoms. The van der Waals surface area contributed by atoms with Crippen molar-refractivity contribution >= 4 is 45.7 Å². The Morgan fingerprint density at radius 3 is 2.34 bits per heavy atom. The molecule has 0 radical (unpaired) electrons. The van der Waals surface area contributed by atoms with E-state index in [1.165, 1.54) is 6.26 Å². The summed E-state index contributed by atoms with van der Waals surface area (Å²) in [5.41, 5.74) is 1.74. The van der Waals surface area contributed by atoms with Gasteiger partial charge in [-0.05, 0) is 24.1 Å². The highest BCUT2D eigenvalue weighted by molar-refractivity contribution is 14.0. The molecular weight excluding hydrogens is 505 g/mol. The third-order valence-corrected chi connectivity index (χ3v) is 6.12. The molecule has 8 nitrogen and oxygen atoms in total. The van der Waals surface area contributed by atoms with E-state index in [9.17, 15) is 13.2 Å². The average molecular weight is 537 g/mol. The molecule has 1 aromatic rings. The van der Waals surface area contributed by atoms with E-state index in [1.807, 2.05) is 17.0 Å². The number of aryl methyl sites for hydroxylation is 1. The van der Waals surface area contributed by atoms with Crippen molar-refractivity contribution in [1.29, 1.82) is 0 Å². The SMILES string of the molecule is CN=C(NCCN1CCN(C(C)=O)CC1)NCc1ccc(S(C)(=O)=O)c(C)c1.I. The van der Waals surface area contributed by atoms with Gasteiger partial charge in [0.15, 0.2) is 15.8 Å². The van der Waals surface area contributed by atoms with Crippen molar-refractivity contribution in [1.82, 2.24) is 20.4 Å². The van der Waals surface area contributed by atoms with E-state index in [1.54, 1.807) is 27.0 Å². The predicted octanol–water partition coefficient (Wildman–Crippen LogP) is 0.846. The van der Waals surface area contributed by atoms with Gasteiger partial charge in [-0.25, -0.2) is 8.42 Å². The molecule has 0 atom stereocenters. The van der Waals surface area contributed by atoms with Gasteiger partial charge >= 0.3 is 0 Å². The molecule has 10 heteroatoms. The minimum Gasteiger partial charge on any atom is -0.355 e. The number of benzene rings is 1. The number of amides is 1. The second-order valence-electron chi connectivity index (χ2n) is 7.07. The largest absolute Gasteiger partial charge is 0.355 e. The van der Waals surface area contributed by atoms with Gasteiger partial charge in [-0.3, -0.25) is 14.7 Å². The van der Waals surface area contributed by atoms with E-state index in [4.69, 9.17) is 0 Å². The zero-order chi connectivity index (χ0) is 20.7. The third-order valence-electron chi connectivity index (χ3n) is 4.86. The van der Waals surface area contributed by atoms with Crippen LogP contribution in [0.15, 0.2) is 28.1 Å². The molecule has 1 aliphatic heterocycles. The van der Waals surface area contributed by atoms with Crippen LogP contribution < -0.4 is 10.6 Å². The van der Waals surface area contributed by atoms with Crippen LogP contribution in [0.2, 0.25) is 0 Å². The Morgan fingerprint density at radius 1 is 1.17 bits per heavy atom. The monoisotopic (exact) mass is 537 g/mol. The van der Waals surface area contributed by atoms with Gasteiger partial charge in [0.05, 0.1) is 4.90 Å². The molecule has 0 saturated carbocycles. The molecule has 0 aliphatic carbocycles. The lowest BCUT2D eigenvalue weighted by Crippen LogP contribution is -2.50. The van der Waals surface area contributed by atoms with Crippen molar-refractivity contribution in [2.75, 3.05) is 52.6 Å². The van der Waals surface area contributed by atoms with Gasteiger partial charge in [-0.1, -0.05) is 12.1 Å². The van der Waals surface area contributed by atoms with Crippen molar-refractivity contribution < 1.29 is 13.2 Å². The Kier molecular flexibility index (Phi) is 10.3. The van der Waals surface area contributed by atoms with Crippen LogP contribution in [0.3, 0.4) is 0 Å². The molecule has 0 aromatic heterocycles. The number of nitrogens with zero attached hydrogens (tertiary/aromatic N) is 3. The smallest absolute Gasteiger partial charge is 0.219 e. The molecule has 0 unspecified atom stereocenters. The summed E-state index contributed by atoms with van der Waals surface area (Å²) < 4.78 is 23.4. The molecule has 1 fully saturated rings. The van der Waals surface area contributed by atoms with Crippen LogP contribution in [0.1, 0.15) is 18.1 Å². The van der Waals surface area contributed by atoms with Gasteiger partial charge in [0, 0.05) is 66.0 Å². The number of rotatable bonds is 6. The van der Waals surface area contributed by atoms with Crippen molar-refractivity contribution in [3.05, 3.63) is 29.3 Å². The average Bonchev–Trinajstić information content (AvgIpc) is 2.63. The fraction of sp³-hybridized carbons (Fsp3) is 0.579. The lowest BCUT2D eigenvalue weighted by molar-refractivity contribution is -0.130. The summed E-state index contributed by atoms with van der Waals surface area (Å²) in [6.07, 6.45) is 1.22. The molecule has 1 aromatic carbocycles. The van der Waals surface area contributed by atoms with E-state index in [0.717, 1.165) is 50.4 Å². The van der Waals surface area contributed by atoms with Crippen LogP contribution in [0.25, 0.3) is 0 Å². The van der Waals surface area contributed by atoms with Crippen molar-refractivity contribution in [3.63, 3.8) is 0 Å². The molecule has 1 aliphatic rings. The first-order valence-electron chi connectivity index (χ1n) is 9.42. The first-order chi connectivity index (χ1) is 13.2. The van der Waals surface area contributed by atoms with Gasteiger partial charge in [0.2, 0.25) is 5.91 Å². The second-order valence-corrected chi connectivity index (χ2v) is 9.06. The Balaban J connectivity index is 0.00000420. The van der Waals surface area contributed by atoms with Crippen molar-refractivity contribution in [2.45, 2.75) is 25.3 Å². The molecule has 1 saturated heterocycles. The highest BCUT2D eigenvalue weighted by atomic mass is 127. The Hall–Kier alpha value is -1.40. The van der Waals surface area contributed by atoms with Gasteiger partial charge in [0.25, 0.3) is 0 Å². The number of hydrogen-bond acceptors (Lipinski definition) is 5. The summed E-state index contributed by atoms with van der Waals surface area (Å²) in [6, 6.07) is 5.35. The van der Waals surface area contributed by atoms with Crippen LogP contribution in [0, 0.1) is 6.92 Å². The molecule has 0 bridgehead atoms. The van der Waals surface area contributed by atoms with Crippen LogP contribution in [0.5, 0.6) is 0 Å². The maximum absolute atomic E-state index is 11.7. The summed E-state index contributed by atoms with van der Waals surface area (Å²) in [4.78, 5) is 20.2. The van der Waals surface area contributed by atoms with Crippen LogP contribution in [0.4, 0.5) is 0 Å². The van der Waals surface area contributed by atoms with Crippen LogP contribution in [-0.2, 0) is 21.2 Å². The predicted molar refractivity (Wildman–Crippen MR) is 127 cm³/mol. The first kappa shape index (κ1) is 25.6. The first-order valence-corrected chi connectivity index (χ1v) is 11.3. The molecule has 29 heavy (non-hydrogen) atoms. The normalized spacial score (nSPS) is 15.6. The van der Waals surface area contributed by atoms with Crippen LogP contribution in [-0.4, -0.2) is 82.7 Å². The number of guanidine groups is 1. The van der Waals surface area contributed by atoms with Gasteiger partial charge < -0.3 is 15.5 Å². The second kappa shape index (κ2) is 11.7. The highest BCUT2D eigenvalue weighted by Gasteiger charge is 2.18. The van der Waals surface area contributed by atoms with Crippen molar-refractivity contribution in [3.8, 4) is 0 Å². The van der Waals surface area contributed by atoms with E-state index in [0.29, 0.717) is 17.4 Å². The number of aliphatic imine (C=N–C) groups is 1. The third kappa shape index (κ3) is 8.09. The Morgan fingerprint density at radius 2 is 1.83 bits per heavy atom. The number of piperazine rings is 1. The molecule has 1 heterocycles. The number of hydrogen-bond donors (Lipinski definition) is 2. The zero-order valence-electron chi connectivity index (χ0n) is 17.6. The lowest BCUT2D eigenvalue weighted by Gasteiger charge is -2.34. The van der Waals surface area contributed by atoms with Crippen LogP contribution >= 0.6 is 24.0 Å². The molecule has 2 rings (SSSR count). The van der Waals surface area contributed by atoms with E-state index in [2.05, 4.69) is 20.5 Å². The standard InChI is InChI=1S/C19H31N5O3S.HI/c1-15-13-17(5-6-18(15)28(4,26)27)14-22-19(20-3)21-7-8-23-9-11-24(12-10-23)16(2)25;/h5-6,13H,7-12,14H2,1-4H3,(H2,20,21,22);1H. The number of carbonyl (C=O) groups is 1. The fourth-order valence-corrected chi connectivity index (χ4v) is 4.22. The van der Waals surface area contributed by atoms with Gasteiger partial charge in [-0.15, -0.1) is 24.0 Å². The fourth-order valence-electron chi connectivity index (χ4n) is 3.26. The van der Waals surface area contributed by atoms with E-state index < -0.39 is 9.84 Å². The molecule has 164 valence electrons. The quantitative estimate of drug-likeness (QED) is 0.318. The Bertz CT molecular complexity index is 821. The number of halogens is 1. The van der Waals surface area contributed by atoms with E-state index >= 15 is 0 Å². The molecule has 2 N–H and O–H groups in total. The summed E-state index contributed by atoms with van der Waals surface area (Å²) in [5, 5.41) is 6.54. The summed E-state index contributed by atoms with van der Waals surface area (Å²) in [5.74, 6) is 0.842. The van der Waals surface area contributed by atoms with Gasteiger partial charge in [-0.2, -0.15) is 0 Å². The molecule has 1 amide bonds. The van der Waals surface area contributed by atoms with Crippen molar-refractivity contribution in [2.24, 2.45) is 4.99 Å². The summed E-state index contributed by atoms with van der Waals surface area (Å²) >= 11 is 0. The number of carbonyl (C=O) groups excluding carboxylic acids is 1. The minimum absolute atomic E-state index is 0. The highest BCUT2D eigenvalue weighted by Crippen LogP contribution is 2.16. The Labute approximate surface area is 191 Å². The number of sulfone groups is 1. The maximum atomic E-state index is 11.7. The molecular formula is C19H32IN5O3S. The number of nitrogens with one attached hydrogen (secondary N) is 2. The minimum atomic E-state index is -3.20. The van der Waals surface area contributed by atoms with Gasteiger partial charge in [0.1, 0.15) is 0 Å². The summed E-state index contributed by atoms with van der Waals surface area (Å²) in [7, 11) is -1.48.